The lowest BCUT2D eigenvalue weighted by Gasteiger charge is -2.25. The van der Waals surface area contributed by atoms with Crippen LogP contribution in [0.15, 0.2) is 23.2 Å². The molecule has 1 aromatic rings. The van der Waals surface area contributed by atoms with E-state index in [0.29, 0.717) is 17.9 Å². The molecule has 20 heavy (non-hydrogen) atoms. The molecule has 5 nitrogen and oxygen atoms in total. The van der Waals surface area contributed by atoms with Crippen molar-refractivity contribution in [2.45, 2.75) is 12.5 Å². The van der Waals surface area contributed by atoms with Gasteiger partial charge in [0.25, 0.3) is 0 Å². The SMILES string of the molecule is COc1ccc(C2CC(=O)N3CCSC3=N2)cc1OC. The second-order valence-electron chi connectivity index (χ2n) is 4.64. The summed E-state index contributed by atoms with van der Waals surface area (Å²) >= 11 is 1.65. The summed E-state index contributed by atoms with van der Waals surface area (Å²) in [6.07, 6.45) is 0.416. The Bertz CT molecular complexity index is 574. The van der Waals surface area contributed by atoms with E-state index in [-0.39, 0.29) is 11.9 Å². The molecule has 0 radical (unpaired) electrons. The van der Waals surface area contributed by atoms with E-state index in [1.54, 1.807) is 30.9 Å². The molecule has 6 heteroatoms. The third-order valence-corrected chi connectivity index (χ3v) is 4.48. The van der Waals surface area contributed by atoms with Gasteiger partial charge in [-0.1, -0.05) is 17.8 Å². The quantitative estimate of drug-likeness (QED) is 0.856. The van der Waals surface area contributed by atoms with Crippen molar-refractivity contribution < 1.29 is 14.3 Å². The number of amidine groups is 1. The number of hydrogen-bond acceptors (Lipinski definition) is 5. The van der Waals surface area contributed by atoms with Gasteiger partial charge < -0.3 is 9.47 Å². The Kier molecular flexibility index (Phi) is 3.56. The van der Waals surface area contributed by atoms with Crippen molar-refractivity contribution in [3.63, 3.8) is 0 Å². The number of rotatable bonds is 3. The zero-order chi connectivity index (χ0) is 14.1. The number of methoxy groups -OCH3 is 2. The van der Waals surface area contributed by atoms with Crippen LogP contribution in [-0.2, 0) is 4.79 Å². The number of aliphatic imine (C=N–C) groups is 1. The molecule has 1 saturated heterocycles. The number of nitrogens with zero attached hydrogens (tertiary/aromatic N) is 2. The van der Waals surface area contributed by atoms with Gasteiger partial charge in [-0.15, -0.1) is 0 Å². The first-order valence-electron chi connectivity index (χ1n) is 6.46. The summed E-state index contributed by atoms with van der Waals surface area (Å²) in [6.45, 7) is 0.779. The monoisotopic (exact) mass is 292 g/mol. The summed E-state index contributed by atoms with van der Waals surface area (Å²) in [6, 6.07) is 5.57. The van der Waals surface area contributed by atoms with E-state index < -0.39 is 0 Å². The minimum absolute atomic E-state index is 0.126. The fourth-order valence-corrected chi connectivity index (χ4v) is 3.45. The maximum atomic E-state index is 12.1. The zero-order valence-corrected chi connectivity index (χ0v) is 12.3. The molecule has 1 atom stereocenters. The van der Waals surface area contributed by atoms with E-state index in [0.717, 1.165) is 23.0 Å². The van der Waals surface area contributed by atoms with E-state index in [2.05, 4.69) is 4.99 Å². The van der Waals surface area contributed by atoms with Gasteiger partial charge in [0.1, 0.15) is 0 Å². The maximum Gasteiger partial charge on any atom is 0.231 e. The smallest absolute Gasteiger partial charge is 0.231 e. The lowest BCUT2D eigenvalue weighted by atomic mass is 10.0. The normalized spacial score (nSPS) is 21.5. The summed E-state index contributed by atoms with van der Waals surface area (Å²) in [5.41, 5.74) is 0.982. The van der Waals surface area contributed by atoms with E-state index in [1.165, 1.54) is 0 Å². The van der Waals surface area contributed by atoms with Gasteiger partial charge in [-0.2, -0.15) is 0 Å². The molecule has 0 bridgehead atoms. The third-order valence-electron chi connectivity index (χ3n) is 3.50. The number of carbonyl (C=O) groups is 1. The molecule has 1 fully saturated rings. The minimum atomic E-state index is -0.126. The highest BCUT2D eigenvalue weighted by Crippen LogP contribution is 2.36. The second-order valence-corrected chi connectivity index (χ2v) is 5.70. The summed E-state index contributed by atoms with van der Waals surface area (Å²) in [4.78, 5) is 18.6. The highest BCUT2D eigenvalue weighted by Gasteiger charge is 2.33. The van der Waals surface area contributed by atoms with Crippen molar-refractivity contribution in [1.29, 1.82) is 0 Å². The fourth-order valence-electron chi connectivity index (χ4n) is 2.45. The van der Waals surface area contributed by atoms with Gasteiger partial charge in [-0.25, -0.2) is 0 Å². The molecule has 0 N–H and O–H groups in total. The molecular weight excluding hydrogens is 276 g/mol. The molecule has 0 saturated carbocycles. The van der Waals surface area contributed by atoms with Gasteiger partial charge in [-0.3, -0.25) is 14.7 Å². The molecule has 1 aromatic carbocycles. The summed E-state index contributed by atoms with van der Waals surface area (Å²) in [5.74, 6) is 2.44. The number of fused-ring (bicyclic) bond motifs is 1. The van der Waals surface area contributed by atoms with Crippen LogP contribution in [0.2, 0.25) is 0 Å². The van der Waals surface area contributed by atoms with E-state index in [9.17, 15) is 4.79 Å². The first-order chi connectivity index (χ1) is 9.72. The van der Waals surface area contributed by atoms with Crippen molar-refractivity contribution in [3.05, 3.63) is 23.8 Å². The molecule has 3 rings (SSSR count). The number of carbonyl (C=O) groups excluding carboxylic acids is 1. The van der Waals surface area contributed by atoms with Crippen molar-refractivity contribution in [1.82, 2.24) is 4.90 Å². The van der Waals surface area contributed by atoms with Crippen LogP contribution >= 0.6 is 11.8 Å². The van der Waals surface area contributed by atoms with E-state index in [4.69, 9.17) is 9.47 Å². The highest BCUT2D eigenvalue weighted by molar-refractivity contribution is 8.14. The van der Waals surface area contributed by atoms with Gasteiger partial charge in [0, 0.05) is 12.3 Å². The topological polar surface area (TPSA) is 51.1 Å². The van der Waals surface area contributed by atoms with Crippen LogP contribution in [0.5, 0.6) is 11.5 Å². The van der Waals surface area contributed by atoms with Gasteiger partial charge in [-0.05, 0) is 17.7 Å². The van der Waals surface area contributed by atoms with Crippen molar-refractivity contribution >= 4 is 22.8 Å². The van der Waals surface area contributed by atoms with E-state index >= 15 is 0 Å². The molecule has 2 aliphatic heterocycles. The average Bonchev–Trinajstić information content (AvgIpc) is 2.95. The van der Waals surface area contributed by atoms with E-state index in [1.807, 2.05) is 18.2 Å². The molecule has 1 unspecified atom stereocenters. The third kappa shape index (κ3) is 2.24. The molecule has 0 aliphatic carbocycles. The van der Waals surface area contributed by atoms with Crippen molar-refractivity contribution in [2.24, 2.45) is 4.99 Å². The molecule has 106 valence electrons. The Hall–Kier alpha value is -1.69. The molecule has 0 spiro atoms. The largest absolute Gasteiger partial charge is 0.493 e. The van der Waals surface area contributed by atoms with Gasteiger partial charge in [0.15, 0.2) is 16.7 Å². The standard InChI is InChI=1S/C14H16N2O3S/c1-18-11-4-3-9(7-12(11)19-2)10-8-13(17)16-5-6-20-14(16)15-10/h3-4,7,10H,5-6,8H2,1-2H3. The predicted octanol–water partition coefficient (Wildman–Crippen LogP) is 2.08. The first-order valence-corrected chi connectivity index (χ1v) is 7.44. The first kappa shape index (κ1) is 13.3. The maximum absolute atomic E-state index is 12.1. The Morgan fingerprint density at radius 3 is 2.85 bits per heavy atom. The number of hydrogen-bond donors (Lipinski definition) is 0. The van der Waals surface area contributed by atoms with Crippen LogP contribution in [0.4, 0.5) is 0 Å². The van der Waals surface area contributed by atoms with Crippen LogP contribution in [0, 0.1) is 0 Å². The highest BCUT2D eigenvalue weighted by atomic mass is 32.2. The Labute approximate surface area is 122 Å². The zero-order valence-electron chi connectivity index (χ0n) is 11.5. The Morgan fingerprint density at radius 1 is 1.30 bits per heavy atom. The predicted molar refractivity (Wildman–Crippen MR) is 78.5 cm³/mol. The second kappa shape index (κ2) is 5.36. The Morgan fingerprint density at radius 2 is 2.10 bits per heavy atom. The van der Waals surface area contributed by atoms with Crippen LogP contribution < -0.4 is 9.47 Å². The Balaban J connectivity index is 1.93. The summed E-state index contributed by atoms with van der Waals surface area (Å²) in [5, 5.41) is 0.848. The molecule has 2 heterocycles. The molecular formula is C14H16N2O3S. The fraction of sp³-hybridized carbons (Fsp3) is 0.429. The van der Waals surface area contributed by atoms with Crippen LogP contribution in [-0.4, -0.2) is 42.5 Å². The number of amides is 1. The minimum Gasteiger partial charge on any atom is -0.493 e. The van der Waals surface area contributed by atoms with Gasteiger partial charge in [0.2, 0.25) is 5.91 Å². The van der Waals surface area contributed by atoms with Gasteiger partial charge in [0.05, 0.1) is 26.7 Å². The number of thioether (sulfide) groups is 1. The molecule has 0 aromatic heterocycles. The van der Waals surface area contributed by atoms with Crippen molar-refractivity contribution in [2.75, 3.05) is 26.5 Å². The lowest BCUT2D eigenvalue weighted by molar-refractivity contribution is -0.127. The average molecular weight is 292 g/mol. The van der Waals surface area contributed by atoms with Crippen LogP contribution in [0.25, 0.3) is 0 Å². The number of ether oxygens (including phenoxy) is 2. The molecule has 2 aliphatic rings. The van der Waals surface area contributed by atoms with Crippen LogP contribution in [0.1, 0.15) is 18.0 Å². The summed E-state index contributed by atoms with van der Waals surface area (Å²) < 4.78 is 10.5. The van der Waals surface area contributed by atoms with Gasteiger partial charge >= 0.3 is 0 Å². The molecule has 1 amide bonds. The van der Waals surface area contributed by atoms with Crippen LogP contribution in [0.3, 0.4) is 0 Å². The number of benzene rings is 1. The lowest BCUT2D eigenvalue weighted by Crippen LogP contribution is -2.36. The van der Waals surface area contributed by atoms with Crippen molar-refractivity contribution in [3.8, 4) is 11.5 Å². The summed E-state index contributed by atoms with van der Waals surface area (Å²) in [7, 11) is 3.21.